The lowest BCUT2D eigenvalue weighted by Gasteiger charge is -2.07. The quantitative estimate of drug-likeness (QED) is 0.760. The Kier molecular flexibility index (Phi) is 5.34. The van der Waals surface area contributed by atoms with Gasteiger partial charge >= 0.3 is 5.97 Å². The lowest BCUT2D eigenvalue weighted by atomic mass is 10.0. The van der Waals surface area contributed by atoms with Gasteiger partial charge in [-0.2, -0.15) is 0 Å². The molecule has 132 valence electrons. The monoisotopic (exact) mass is 376 g/mol. The van der Waals surface area contributed by atoms with Crippen molar-refractivity contribution in [1.82, 2.24) is 4.57 Å². The van der Waals surface area contributed by atoms with Gasteiger partial charge in [0.25, 0.3) is 0 Å². The maximum Gasteiger partial charge on any atom is 0.323 e. The smallest absolute Gasteiger partial charge is 0.323 e. The van der Waals surface area contributed by atoms with Crippen LogP contribution in [0.1, 0.15) is 36.6 Å². The molecule has 0 fully saturated rings. The topological polar surface area (TPSA) is 74.8 Å². The summed E-state index contributed by atoms with van der Waals surface area (Å²) in [5.41, 5.74) is 2.24. The van der Waals surface area contributed by atoms with E-state index in [9.17, 15) is 9.90 Å². The Hall–Kier alpha value is -1.99. The first-order valence-corrected chi connectivity index (χ1v) is 9.55. The zero-order valence-electron chi connectivity index (χ0n) is 14.0. The maximum atomic E-state index is 11.0. The van der Waals surface area contributed by atoms with Crippen LogP contribution in [0.15, 0.2) is 23.2 Å². The molecule has 2 aromatic rings. The van der Waals surface area contributed by atoms with Crippen LogP contribution in [0.25, 0.3) is 5.57 Å². The molecule has 2 N–H and O–H groups in total. The van der Waals surface area contributed by atoms with E-state index in [-0.39, 0.29) is 12.4 Å². The number of carboxylic acid groups (broad SMARTS) is 1. The first-order chi connectivity index (χ1) is 12.0. The highest BCUT2D eigenvalue weighted by Gasteiger charge is 2.18. The standard InChI is InChI=1S/C18H20N2O3S2/c1-2-3-4-13(11-5-6-14-12(9-11)7-8-19-14)16-17(23)20(10-15(21)22)18(24)25-16/h5-6,9,23H,2-4,7-8,10H2,1H3,(H,21,22). The largest absolute Gasteiger partial charge is 0.493 e. The van der Waals surface area contributed by atoms with Crippen LogP contribution in [0.2, 0.25) is 0 Å². The van der Waals surface area contributed by atoms with Gasteiger partial charge in [-0.05, 0) is 60.0 Å². The number of aliphatic carboxylic acids is 1. The van der Waals surface area contributed by atoms with E-state index in [0.717, 1.165) is 48.4 Å². The number of nitrogens with zero attached hydrogens (tertiary/aromatic N) is 2. The Bertz CT molecular complexity index is 989. The molecule has 0 atom stereocenters. The van der Waals surface area contributed by atoms with E-state index < -0.39 is 5.97 Å². The second-order valence-corrected chi connectivity index (χ2v) is 7.70. The van der Waals surface area contributed by atoms with E-state index >= 15 is 0 Å². The lowest BCUT2D eigenvalue weighted by molar-refractivity contribution is -0.137. The highest BCUT2D eigenvalue weighted by Crippen LogP contribution is 2.33. The van der Waals surface area contributed by atoms with Crippen LogP contribution in [0.3, 0.4) is 0 Å². The molecule has 1 aliphatic rings. The molecule has 0 aliphatic carbocycles. The molecule has 25 heavy (non-hydrogen) atoms. The number of unbranched alkanes of at least 4 members (excludes halogenated alkanes) is 1. The molecular formula is C18H20N2O3S2. The van der Waals surface area contributed by atoms with Crippen molar-refractivity contribution < 1.29 is 15.0 Å². The van der Waals surface area contributed by atoms with E-state index in [1.165, 1.54) is 21.5 Å². The van der Waals surface area contributed by atoms with Crippen molar-refractivity contribution in [2.45, 2.75) is 39.2 Å². The number of thiazole rings is 1. The van der Waals surface area contributed by atoms with Gasteiger partial charge in [-0.1, -0.05) is 19.4 Å². The normalized spacial score (nSPS) is 14.1. The third-order valence-electron chi connectivity index (χ3n) is 4.31. The molecular weight excluding hydrogens is 356 g/mol. The molecule has 1 aromatic heterocycles. The number of benzene rings is 1. The minimum Gasteiger partial charge on any atom is -0.493 e. The Morgan fingerprint density at radius 1 is 1.44 bits per heavy atom. The first-order valence-electron chi connectivity index (χ1n) is 8.32. The molecule has 0 spiro atoms. The van der Waals surface area contributed by atoms with E-state index in [2.05, 4.69) is 18.0 Å². The third-order valence-corrected chi connectivity index (χ3v) is 5.81. The van der Waals surface area contributed by atoms with Crippen molar-refractivity contribution in [3.63, 3.8) is 0 Å². The van der Waals surface area contributed by atoms with Crippen molar-refractivity contribution >= 4 is 35.1 Å². The van der Waals surface area contributed by atoms with Crippen molar-refractivity contribution in [1.29, 1.82) is 0 Å². The average molecular weight is 377 g/mol. The summed E-state index contributed by atoms with van der Waals surface area (Å²) >= 11 is 6.54. The number of hydrogen-bond acceptors (Lipinski definition) is 5. The Balaban J connectivity index is 2.18. The molecule has 0 saturated heterocycles. The molecule has 1 aromatic carbocycles. The van der Waals surface area contributed by atoms with Crippen molar-refractivity contribution in [3.05, 3.63) is 43.2 Å². The summed E-state index contributed by atoms with van der Waals surface area (Å²) in [5, 5.41) is 21.7. The van der Waals surface area contributed by atoms with Gasteiger partial charge in [0.1, 0.15) is 6.54 Å². The molecule has 7 heteroatoms. The third kappa shape index (κ3) is 3.67. The number of rotatable bonds is 6. The van der Waals surface area contributed by atoms with Crippen molar-refractivity contribution in [2.75, 3.05) is 6.54 Å². The van der Waals surface area contributed by atoms with Crippen molar-refractivity contribution in [3.8, 4) is 5.88 Å². The van der Waals surface area contributed by atoms with Gasteiger partial charge in [-0.25, -0.2) is 0 Å². The molecule has 3 rings (SSSR count). The van der Waals surface area contributed by atoms with Crippen molar-refractivity contribution in [2.24, 2.45) is 4.99 Å². The Morgan fingerprint density at radius 3 is 2.96 bits per heavy atom. The lowest BCUT2D eigenvalue weighted by Crippen LogP contribution is -2.14. The summed E-state index contributed by atoms with van der Waals surface area (Å²) in [5.74, 6) is -1.07. The fourth-order valence-corrected chi connectivity index (χ4v) is 4.42. The predicted octanol–water partition coefficient (Wildman–Crippen LogP) is 2.63. The van der Waals surface area contributed by atoms with Gasteiger partial charge in [-0.3, -0.25) is 14.4 Å². The van der Waals surface area contributed by atoms with Crippen LogP contribution in [0.5, 0.6) is 5.88 Å². The van der Waals surface area contributed by atoms with E-state index in [1.54, 1.807) is 0 Å². The molecule has 0 unspecified atom stereocenters. The summed E-state index contributed by atoms with van der Waals surface area (Å²) < 4.78 is 1.66. The zero-order chi connectivity index (χ0) is 18.0. The predicted molar refractivity (Wildman–Crippen MR) is 100 cm³/mol. The van der Waals surface area contributed by atoms with Crippen LogP contribution >= 0.6 is 23.6 Å². The summed E-state index contributed by atoms with van der Waals surface area (Å²) in [7, 11) is 0. The Labute approximate surface area is 154 Å². The first kappa shape index (κ1) is 17.8. The maximum absolute atomic E-state index is 11.0. The molecule has 0 bridgehead atoms. The minimum atomic E-state index is -1.02. The van der Waals surface area contributed by atoms with E-state index in [1.807, 2.05) is 12.1 Å². The summed E-state index contributed by atoms with van der Waals surface area (Å²) in [6.45, 7) is 2.62. The fraction of sp³-hybridized carbons (Fsp3) is 0.389. The van der Waals surface area contributed by atoms with E-state index in [4.69, 9.17) is 17.3 Å². The number of carbonyl (C=O) groups is 1. The number of aromatic nitrogens is 1. The van der Waals surface area contributed by atoms with Gasteiger partial charge in [0.15, 0.2) is 3.95 Å². The molecule has 0 radical (unpaired) electrons. The van der Waals surface area contributed by atoms with Gasteiger partial charge in [0.2, 0.25) is 5.88 Å². The average Bonchev–Trinajstić information content (AvgIpc) is 3.15. The zero-order valence-corrected chi connectivity index (χ0v) is 15.6. The molecule has 0 saturated carbocycles. The molecule has 1 aliphatic heterocycles. The van der Waals surface area contributed by atoms with Gasteiger partial charge in [-0.15, -0.1) is 11.3 Å². The van der Waals surface area contributed by atoms with Crippen LogP contribution in [0, 0.1) is 3.95 Å². The minimum absolute atomic E-state index is 0.0475. The van der Waals surface area contributed by atoms with Gasteiger partial charge in [0.05, 0.1) is 10.2 Å². The number of aromatic hydroxyl groups is 1. The molecule has 2 heterocycles. The summed E-state index contributed by atoms with van der Waals surface area (Å²) in [4.78, 5) is 16.2. The summed E-state index contributed by atoms with van der Waals surface area (Å²) in [6.07, 6.45) is 3.76. The van der Waals surface area contributed by atoms with E-state index in [0.29, 0.717) is 8.83 Å². The van der Waals surface area contributed by atoms with Crippen LogP contribution < -0.4 is 10.6 Å². The highest BCUT2D eigenvalue weighted by atomic mass is 32.1. The molecule has 0 amide bonds. The number of fused-ring (bicyclic) bond motifs is 1. The SMILES string of the molecule is CCCCC(c1sc(=S)n(CC(=O)O)c1O)=c1ccc2c(c1)CCN=2. The van der Waals surface area contributed by atoms with Gasteiger partial charge in [0, 0.05) is 6.54 Å². The number of carboxylic acids is 1. The second-order valence-electron chi connectivity index (χ2n) is 6.06. The highest BCUT2D eigenvalue weighted by molar-refractivity contribution is 7.73. The number of hydrogen-bond donors (Lipinski definition) is 2. The summed E-state index contributed by atoms with van der Waals surface area (Å²) in [6, 6.07) is 6.19. The van der Waals surface area contributed by atoms with Crippen LogP contribution in [-0.2, 0) is 17.8 Å². The fourth-order valence-electron chi connectivity index (χ4n) is 3.04. The Morgan fingerprint density at radius 2 is 2.24 bits per heavy atom. The second kappa shape index (κ2) is 7.49. The van der Waals surface area contributed by atoms with Crippen LogP contribution in [-0.4, -0.2) is 27.3 Å². The van der Waals surface area contributed by atoms with Crippen LogP contribution in [0.4, 0.5) is 0 Å². The van der Waals surface area contributed by atoms with Gasteiger partial charge < -0.3 is 10.2 Å². The molecule has 5 nitrogen and oxygen atoms in total.